The summed E-state index contributed by atoms with van der Waals surface area (Å²) in [7, 11) is 0. The molecule has 0 aromatic heterocycles. The Hall–Kier alpha value is 0.106. The van der Waals surface area contributed by atoms with Gasteiger partial charge in [0, 0.05) is 5.97 Å². The molecular weight excluding hydrogens is 162 g/mol. The zero-order valence-electron chi connectivity index (χ0n) is 5.60. The molecule has 0 aliphatic heterocycles. The first-order chi connectivity index (χ1) is 3.68. The van der Waals surface area contributed by atoms with Crippen molar-refractivity contribution in [1.82, 2.24) is 0 Å². The van der Waals surface area contributed by atoms with E-state index in [0.717, 1.165) is 0 Å². The molecule has 0 aliphatic carbocycles. The standard InChI is InChI=1S/C3H6O2.2CH3.Ga/c1-2-3(4)5;;;/h2H2,1H3,(H,4,5);2*1H3;/q;;;+1/p-1. The number of rotatable bonds is 1. The van der Waals surface area contributed by atoms with E-state index in [1.165, 1.54) is 6.92 Å². The first-order valence-electron chi connectivity index (χ1n) is 2.62. The molecule has 0 saturated heterocycles. The van der Waals surface area contributed by atoms with Crippen LogP contribution in [0.2, 0.25) is 11.0 Å². The van der Waals surface area contributed by atoms with Crippen molar-refractivity contribution in [2.24, 2.45) is 0 Å². The maximum atomic E-state index is 9.26. The summed E-state index contributed by atoms with van der Waals surface area (Å²) in [6, 6.07) is 0. The summed E-state index contributed by atoms with van der Waals surface area (Å²) in [5.74, 6) is -0.995. The van der Waals surface area contributed by atoms with Crippen LogP contribution in [0.3, 0.4) is 0 Å². The third-order valence-electron chi connectivity index (χ3n) is 0.289. The Morgan fingerprint density at radius 3 is 1.75 bits per heavy atom. The van der Waals surface area contributed by atoms with Gasteiger partial charge >= 0.3 is 28.4 Å². The van der Waals surface area contributed by atoms with Gasteiger partial charge in [-0.2, -0.15) is 0 Å². The Bertz CT molecular complexity index is 54.4. The SMILES string of the molecule is CCC(=O)[O-].[CH3][Ga+][CH3]. The molecule has 0 rings (SSSR count). The predicted molar refractivity (Wildman–Crippen MR) is 32.8 cm³/mol. The van der Waals surface area contributed by atoms with Gasteiger partial charge in [-0.3, -0.25) is 0 Å². The van der Waals surface area contributed by atoms with Gasteiger partial charge in [-0.15, -0.1) is 0 Å². The zero-order valence-corrected chi connectivity index (χ0v) is 8.02. The Morgan fingerprint density at radius 1 is 1.62 bits per heavy atom. The van der Waals surface area contributed by atoms with Crippen molar-refractivity contribution >= 4 is 23.4 Å². The van der Waals surface area contributed by atoms with Crippen molar-refractivity contribution in [3.63, 3.8) is 0 Å². The molecule has 0 N–H and O–H groups in total. The molecule has 0 heterocycles. The van der Waals surface area contributed by atoms with E-state index in [1.54, 1.807) is 0 Å². The summed E-state index contributed by atoms with van der Waals surface area (Å²) in [6.45, 7) is 1.54. The molecule has 0 spiro atoms. The van der Waals surface area contributed by atoms with E-state index in [2.05, 4.69) is 11.0 Å². The molecule has 8 heavy (non-hydrogen) atoms. The summed E-state index contributed by atoms with van der Waals surface area (Å²) in [5, 5.41) is 9.26. The van der Waals surface area contributed by atoms with Crippen molar-refractivity contribution in [3.05, 3.63) is 0 Å². The average molecular weight is 173 g/mol. The van der Waals surface area contributed by atoms with Crippen LogP contribution in [0.15, 0.2) is 0 Å². The number of carboxylic acid groups (broad SMARTS) is 1. The molecule has 0 bridgehead atoms. The Morgan fingerprint density at radius 2 is 1.75 bits per heavy atom. The molecule has 0 radical (unpaired) electrons. The summed E-state index contributed by atoms with van der Waals surface area (Å²) in [5.41, 5.74) is 4.56. The molecule has 0 fully saturated rings. The van der Waals surface area contributed by atoms with Gasteiger partial charge in [0.05, 0.1) is 0 Å². The van der Waals surface area contributed by atoms with E-state index < -0.39 is 5.97 Å². The van der Waals surface area contributed by atoms with Crippen LogP contribution in [0, 0.1) is 0 Å². The summed E-state index contributed by atoms with van der Waals surface area (Å²) >= 11 is 0.312. The van der Waals surface area contributed by atoms with Crippen LogP contribution in [0.5, 0.6) is 0 Å². The fraction of sp³-hybridized carbons (Fsp3) is 0.800. The number of carbonyl (C=O) groups excluding carboxylic acids is 1. The van der Waals surface area contributed by atoms with E-state index in [0.29, 0.717) is 17.4 Å². The van der Waals surface area contributed by atoms with Gasteiger partial charge in [-0.1, -0.05) is 6.92 Å². The van der Waals surface area contributed by atoms with Crippen molar-refractivity contribution in [1.29, 1.82) is 0 Å². The second kappa shape index (κ2) is 10.2. The van der Waals surface area contributed by atoms with E-state index in [-0.39, 0.29) is 6.42 Å². The molecule has 0 unspecified atom stereocenters. The fourth-order valence-electron chi connectivity index (χ4n) is 0. The minimum atomic E-state index is -0.995. The number of carbonyl (C=O) groups is 1. The van der Waals surface area contributed by atoms with Crippen LogP contribution in [0.4, 0.5) is 0 Å². The molecule has 0 atom stereocenters. The zero-order chi connectivity index (χ0) is 6.99. The van der Waals surface area contributed by atoms with Gasteiger partial charge in [0.1, 0.15) is 0 Å². The molecule has 0 aromatic carbocycles. The number of aliphatic carboxylic acids is 1. The monoisotopic (exact) mass is 172 g/mol. The maximum absolute atomic E-state index is 9.26. The van der Waals surface area contributed by atoms with Crippen LogP contribution in [0.1, 0.15) is 13.3 Å². The van der Waals surface area contributed by atoms with Crippen molar-refractivity contribution in [2.45, 2.75) is 24.3 Å². The number of hydrogen-bond acceptors (Lipinski definition) is 2. The summed E-state index contributed by atoms with van der Waals surface area (Å²) < 4.78 is 0. The quantitative estimate of drug-likeness (QED) is 0.520. The number of hydrogen-bond donors (Lipinski definition) is 0. The summed E-state index contributed by atoms with van der Waals surface area (Å²) in [6.07, 6.45) is 0.111. The van der Waals surface area contributed by atoms with Gasteiger partial charge in [0.15, 0.2) is 0 Å². The molecule has 3 heteroatoms. The Labute approximate surface area is 58.1 Å². The van der Waals surface area contributed by atoms with Gasteiger partial charge in [0.25, 0.3) is 0 Å². The molecule has 0 aliphatic rings. The molecule has 0 aromatic rings. The third kappa shape index (κ3) is 35.9. The van der Waals surface area contributed by atoms with Crippen LogP contribution in [-0.2, 0) is 4.79 Å². The molecule has 0 saturated carbocycles. The van der Waals surface area contributed by atoms with Crippen LogP contribution in [0.25, 0.3) is 0 Å². The normalized spacial score (nSPS) is 5.88. The van der Waals surface area contributed by atoms with E-state index in [1.807, 2.05) is 0 Å². The predicted octanol–water partition coefficient (Wildman–Crippen LogP) is -0.0669. The van der Waals surface area contributed by atoms with Gasteiger partial charge in [0.2, 0.25) is 0 Å². The average Bonchev–Trinajstić information content (AvgIpc) is 1.69. The first kappa shape index (κ1) is 11.0. The van der Waals surface area contributed by atoms with Crippen molar-refractivity contribution < 1.29 is 9.90 Å². The minimum absolute atomic E-state index is 0.111. The van der Waals surface area contributed by atoms with Crippen LogP contribution >= 0.6 is 0 Å². The van der Waals surface area contributed by atoms with Crippen LogP contribution < -0.4 is 5.11 Å². The van der Waals surface area contributed by atoms with E-state index >= 15 is 0 Å². The molecule has 0 amide bonds. The van der Waals surface area contributed by atoms with Gasteiger partial charge < -0.3 is 9.90 Å². The molecule has 2 nitrogen and oxygen atoms in total. The van der Waals surface area contributed by atoms with Gasteiger partial charge in [-0.05, 0) is 6.42 Å². The van der Waals surface area contributed by atoms with Gasteiger partial charge in [-0.25, -0.2) is 0 Å². The summed E-state index contributed by atoms with van der Waals surface area (Å²) in [4.78, 5) is 9.26. The van der Waals surface area contributed by atoms with E-state index in [4.69, 9.17) is 0 Å². The number of carboxylic acids is 1. The molecule has 46 valence electrons. The molecular formula is C5H11GaO2. The Balaban J connectivity index is 0. The van der Waals surface area contributed by atoms with E-state index in [9.17, 15) is 9.90 Å². The van der Waals surface area contributed by atoms with Crippen molar-refractivity contribution in [3.8, 4) is 0 Å². The topological polar surface area (TPSA) is 40.1 Å². The fourth-order valence-corrected chi connectivity index (χ4v) is 0. The first-order valence-corrected chi connectivity index (χ1v) is 7.47. The second-order valence-electron chi connectivity index (χ2n) is 1.30. The van der Waals surface area contributed by atoms with Crippen LogP contribution in [-0.4, -0.2) is 23.4 Å². The van der Waals surface area contributed by atoms with Crippen molar-refractivity contribution in [2.75, 3.05) is 0 Å². The second-order valence-corrected chi connectivity index (χ2v) is 3.73. The Kier molecular flexibility index (Phi) is 13.9. The third-order valence-corrected chi connectivity index (χ3v) is 0.289.